The molecule has 26 heavy (non-hydrogen) atoms. The standard InChI is InChI=1S/C16H18N2O5S3/c1-25(20,21)13-6-4-12(5-7-13)17-16(19)15-14(8-11-24-15)26(22,23)18-9-2-3-10-18/h4-8,11H,2-3,9-10H2,1H3,(H,17,19). The lowest BCUT2D eigenvalue weighted by Crippen LogP contribution is -2.29. The third-order valence-corrected chi connectivity index (χ3v) is 8.17. The molecule has 0 unspecified atom stereocenters. The van der Waals surface area contributed by atoms with Gasteiger partial charge in [0, 0.05) is 25.0 Å². The topological polar surface area (TPSA) is 101 Å². The van der Waals surface area contributed by atoms with Crippen molar-refractivity contribution in [3.63, 3.8) is 0 Å². The second kappa shape index (κ2) is 7.10. The normalized spacial score (nSPS) is 15.9. The Hall–Kier alpha value is -1.75. The summed E-state index contributed by atoms with van der Waals surface area (Å²) in [6.45, 7) is 0.929. The minimum absolute atomic E-state index is 0.00894. The number of hydrogen-bond donors (Lipinski definition) is 1. The minimum Gasteiger partial charge on any atom is -0.321 e. The highest BCUT2D eigenvalue weighted by Crippen LogP contribution is 2.28. The van der Waals surface area contributed by atoms with Crippen LogP contribution in [0.1, 0.15) is 22.5 Å². The molecule has 0 aliphatic carbocycles. The fourth-order valence-corrected chi connectivity index (χ4v) is 6.15. The summed E-state index contributed by atoms with van der Waals surface area (Å²) in [6, 6.07) is 7.16. The number of benzene rings is 1. The maximum absolute atomic E-state index is 12.7. The number of nitrogens with zero attached hydrogens (tertiary/aromatic N) is 1. The number of sulfonamides is 1. The van der Waals surface area contributed by atoms with E-state index in [9.17, 15) is 21.6 Å². The summed E-state index contributed by atoms with van der Waals surface area (Å²) >= 11 is 1.06. The van der Waals surface area contributed by atoms with E-state index < -0.39 is 25.8 Å². The number of hydrogen-bond acceptors (Lipinski definition) is 6. The van der Waals surface area contributed by atoms with Crippen molar-refractivity contribution in [3.8, 4) is 0 Å². The average Bonchev–Trinajstić information content (AvgIpc) is 3.26. The van der Waals surface area contributed by atoms with Gasteiger partial charge in [0.05, 0.1) is 4.90 Å². The van der Waals surface area contributed by atoms with E-state index in [0.29, 0.717) is 18.8 Å². The Morgan fingerprint density at radius 2 is 1.65 bits per heavy atom. The van der Waals surface area contributed by atoms with E-state index in [4.69, 9.17) is 0 Å². The minimum atomic E-state index is -3.69. The SMILES string of the molecule is CS(=O)(=O)c1ccc(NC(=O)c2sccc2S(=O)(=O)N2CCCC2)cc1. The van der Waals surface area contributed by atoms with Crippen molar-refractivity contribution in [2.45, 2.75) is 22.6 Å². The van der Waals surface area contributed by atoms with Crippen LogP contribution in [0.5, 0.6) is 0 Å². The molecule has 3 rings (SSSR count). The maximum atomic E-state index is 12.7. The fraction of sp³-hybridized carbons (Fsp3) is 0.312. The number of thiophene rings is 1. The van der Waals surface area contributed by atoms with Gasteiger partial charge in [0.2, 0.25) is 10.0 Å². The van der Waals surface area contributed by atoms with E-state index in [-0.39, 0.29) is 14.7 Å². The van der Waals surface area contributed by atoms with Crippen LogP contribution in [-0.2, 0) is 19.9 Å². The molecule has 2 heterocycles. The van der Waals surface area contributed by atoms with Gasteiger partial charge in [0.15, 0.2) is 9.84 Å². The molecular formula is C16H18N2O5S3. The predicted octanol–water partition coefficient (Wildman–Crippen LogP) is 2.19. The van der Waals surface area contributed by atoms with Crippen LogP contribution in [-0.4, -0.2) is 46.4 Å². The lowest BCUT2D eigenvalue weighted by atomic mass is 10.3. The van der Waals surface area contributed by atoms with Crippen LogP contribution in [0.25, 0.3) is 0 Å². The molecule has 10 heteroatoms. The Morgan fingerprint density at radius 1 is 1.04 bits per heavy atom. The molecule has 1 fully saturated rings. The van der Waals surface area contributed by atoms with Gasteiger partial charge < -0.3 is 5.32 Å². The van der Waals surface area contributed by atoms with Gasteiger partial charge in [0.25, 0.3) is 5.91 Å². The molecule has 0 bridgehead atoms. The number of amides is 1. The Labute approximate surface area is 156 Å². The average molecular weight is 415 g/mol. The summed E-state index contributed by atoms with van der Waals surface area (Å²) in [5.41, 5.74) is 0.389. The second-order valence-electron chi connectivity index (χ2n) is 5.98. The van der Waals surface area contributed by atoms with Crippen molar-refractivity contribution in [1.82, 2.24) is 4.31 Å². The molecule has 7 nitrogen and oxygen atoms in total. The summed E-state index contributed by atoms with van der Waals surface area (Å²) in [5.74, 6) is -0.537. The fourth-order valence-electron chi connectivity index (χ4n) is 2.71. The van der Waals surface area contributed by atoms with Gasteiger partial charge in [-0.05, 0) is 48.6 Å². The first-order chi connectivity index (χ1) is 12.2. The van der Waals surface area contributed by atoms with E-state index in [1.54, 1.807) is 5.38 Å². The van der Waals surface area contributed by atoms with E-state index in [2.05, 4.69) is 5.32 Å². The third-order valence-electron chi connectivity index (χ3n) is 4.06. The van der Waals surface area contributed by atoms with Gasteiger partial charge in [0.1, 0.15) is 9.77 Å². The van der Waals surface area contributed by atoms with Gasteiger partial charge >= 0.3 is 0 Å². The number of carbonyl (C=O) groups is 1. The van der Waals surface area contributed by atoms with Crippen molar-refractivity contribution in [3.05, 3.63) is 40.6 Å². The van der Waals surface area contributed by atoms with Crippen molar-refractivity contribution in [2.24, 2.45) is 0 Å². The summed E-state index contributed by atoms with van der Waals surface area (Å²) in [5, 5.41) is 4.19. The molecule has 1 aromatic carbocycles. The van der Waals surface area contributed by atoms with E-state index in [0.717, 1.165) is 30.4 Å². The second-order valence-corrected chi connectivity index (χ2v) is 10.8. The number of rotatable bonds is 5. The molecule has 0 saturated carbocycles. The first kappa shape index (κ1) is 19.0. The molecule has 1 amide bonds. The van der Waals surface area contributed by atoms with Crippen molar-refractivity contribution < 1.29 is 21.6 Å². The van der Waals surface area contributed by atoms with Crippen LogP contribution in [0.3, 0.4) is 0 Å². The first-order valence-corrected chi connectivity index (χ1v) is 12.1. The Balaban J connectivity index is 1.82. The Bertz CT molecular complexity index is 1020. The molecule has 1 N–H and O–H groups in total. The lowest BCUT2D eigenvalue weighted by molar-refractivity contribution is 0.102. The molecule has 140 valence electrons. The van der Waals surface area contributed by atoms with Crippen LogP contribution in [0, 0.1) is 0 Å². The largest absolute Gasteiger partial charge is 0.321 e. The summed E-state index contributed by atoms with van der Waals surface area (Å²) in [4.78, 5) is 12.8. The lowest BCUT2D eigenvalue weighted by Gasteiger charge is -2.15. The van der Waals surface area contributed by atoms with Crippen LogP contribution < -0.4 is 5.32 Å². The zero-order chi connectivity index (χ0) is 18.9. The number of carbonyl (C=O) groups excluding carboxylic acids is 1. The van der Waals surface area contributed by atoms with Crippen molar-refractivity contribution in [2.75, 3.05) is 24.7 Å². The molecule has 1 saturated heterocycles. The molecule has 0 spiro atoms. The molecule has 2 aromatic rings. The third kappa shape index (κ3) is 3.83. The molecule has 0 atom stereocenters. The summed E-state index contributed by atoms with van der Waals surface area (Å²) in [6.07, 6.45) is 2.73. The predicted molar refractivity (Wildman–Crippen MR) is 99.8 cm³/mol. The van der Waals surface area contributed by atoms with Gasteiger partial charge in [-0.15, -0.1) is 11.3 Å². The van der Waals surface area contributed by atoms with E-state index >= 15 is 0 Å². The van der Waals surface area contributed by atoms with Crippen molar-refractivity contribution >= 4 is 42.8 Å². The van der Waals surface area contributed by atoms with E-state index in [1.165, 1.54) is 34.6 Å². The van der Waals surface area contributed by atoms with Gasteiger partial charge in [-0.1, -0.05) is 0 Å². The molecule has 1 aliphatic rings. The Morgan fingerprint density at radius 3 is 2.23 bits per heavy atom. The first-order valence-electron chi connectivity index (χ1n) is 7.89. The van der Waals surface area contributed by atoms with Crippen LogP contribution in [0.4, 0.5) is 5.69 Å². The van der Waals surface area contributed by atoms with Gasteiger partial charge in [-0.3, -0.25) is 4.79 Å². The van der Waals surface area contributed by atoms with Crippen LogP contribution in [0.15, 0.2) is 45.5 Å². The van der Waals surface area contributed by atoms with Gasteiger partial charge in [-0.2, -0.15) is 4.31 Å². The quantitative estimate of drug-likeness (QED) is 0.808. The van der Waals surface area contributed by atoms with Gasteiger partial charge in [-0.25, -0.2) is 16.8 Å². The van der Waals surface area contributed by atoms with E-state index in [1.807, 2.05) is 0 Å². The summed E-state index contributed by atoms with van der Waals surface area (Å²) < 4.78 is 49.8. The van der Waals surface area contributed by atoms with Crippen LogP contribution in [0.2, 0.25) is 0 Å². The summed E-state index contributed by atoms with van der Waals surface area (Å²) in [7, 11) is -7.01. The molecule has 1 aromatic heterocycles. The monoisotopic (exact) mass is 414 g/mol. The maximum Gasteiger partial charge on any atom is 0.267 e. The highest BCUT2D eigenvalue weighted by molar-refractivity contribution is 7.90. The van der Waals surface area contributed by atoms with Crippen LogP contribution >= 0.6 is 11.3 Å². The Kier molecular flexibility index (Phi) is 5.20. The van der Waals surface area contributed by atoms with Crippen molar-refractivity contribution in [1.29, 1.82) is 0 Å². The molecule has 0 radical (unpaired) electrons. The number of nitrogens with one attached hydrogen (secondary N) is 1. The highest BCUT2D eigenvalue weighted by Gasteiger charge is 2.31. The highest BCUT2D eigenvalue weighted by atomic mass is 32.2. The zero-order valence-electron chi connectivity index (χ0n) is 14.0. The number of anilines is 1. The smallest absolute Gasteiger partial charge is 0.267 e. The molecule has 1 aliphatic heterocycles. The number of sulfone groups is 1. The zero-order valence-corrected chi connectivity index (χ0v) is 16.5. The molecular weight excluding hydrogens is 396 g/mol.